The number of carboxylic acids is 1. The second-order valence-corrected chi connectivity index (χ2v) is 4.11. The maximum Gasteiger partial charge on any atom is 0.320 e. The predicted molar refractivity (Wildman–Crippen MR) is 74.7 cm³/mol. The van der Waals surface area contributed by atoms with Crippen LogP contribution in [-0.4, -0.2) is 26.9 Å². The van der Waals surface area contributed by atoms with Crippen LogP contribution in [0.1, 0.15) is 12.0 Å². The van der Waals surface area contributed by atoms with Gasteiger partial charge < -0.3 is 10.8 Å². The van der Waals surface area contributed by atoms with Gasteiger partial charge in [-0.2, -0.15) is 5.10 Å². The number of nitrogens with zero attached hydrogens (tertiary/aromatic N) is 2. The first-order chi connectivity index (χ1) is 8.66. The fraction of sp³-hybridized carbons (Fsp3) is 0.231. The van der Waals surface area contributed by atoms with Crippen molar-refractivity contribution in [2.45, 2.75) is 18.9 Å². The average Bonchev–Trinajstić information content (AvgIpc) is 2.85. The van der Waals surface area contributed by atoms with Crippen LogP contribution in [0.25, 0.3) is 5.69 Å². The maximum absolute atomic E-state index is 10.6. The molecule has 0 fully saturated rings. The van der Waals surface area contributed by atoms with Crippen LogP contribution in [0.5, 0.6) is 0 Å². The van der Waals surface area contributed by atoms with Gasteiger partial charge in [0.25, 0.3) is 0 Å². The fourth-order valence-electron chi connectivity index (χ4n) is 1.66. The Kier molecular flexibility index (Phi) is 5.54. The van der Waals surface area contributed by atoms with Crippen molar-refractivity contribution in [3.05, 3.63) is 48.3 Å². The fourth-order valence-corrected chi connectivity index (χ4v) is 1.66. The van der Waals surface area contributed by atoms with Crippen LogP contribution in [0, 0.1) is 0 Å². The van der Waals surface area contributed by atoms with E-state index in [4.69, 9.17) is 10.8 Å². The quantitative estimate of drug-likeness (QED) is 0.873. The van der Waals surface area contributed by atoms with Crippen molar-refractivity contribution in [2.24, 2.45) is 5.73 Å². The molecule has 0 aliphatic rings. The van der Waals surface area contributed by atoms with E-state index in [1.165, 1.54) is 0 Å². The van der Waals surface area contributed by atoms with Gasteiger partial charge in [0.15, 0.2) is 0 Å². The number of carboxylic acid groups (broad SMARTS) is 1. The van der Waals surface area contributed by atoms with Crippen LogP contribution < -0.4 is 5.73 Å². The smallest absolute Gasteiger partial charge is 0.320 e. The van der Waals surface area contributed by atoms with E-state index in [-0.39, 0.29) is 12.4 Å². The molecule has 0 saturated heterocycles. The van der Waals surface area contributed by atoms with Gasteiger partial charge in [-0.05, 0) is 30.5 Å². The number of rotatable bonds is 5. The van der Waals surface area contributed by atoms with E-state index in [1.54, 1.807) is 10.9 Å². The molecule has 0 saturated carbocycles. The van der Waals surface area contributed by atoms with Crippen LogP contribution in [0.3, 0.4) is 0 Å². The number of hydrogen-bond donors (Lipinski definition) is 2. The van der Waals surface area contributed by atoms with Crippen LogP contribution in [0.4, 0.5) is 0 Å². The third kappa shape index (κ3) is 4.08. The molecular weight excluding hydrogens is 266 g/mol. The highest BCUT2D eigenvalue weighted by molar-refractivity contribution is 5.85. The van der Waals surface area contributed by atoms with E-state index >= 15 is 0 Å². The second kappa shape index (κ2) is 6.92. The van der Waals surface area contributed by atoms with Gasteiger partial charge in [0.05, 0.1) is 11.9 Å². The van der Waals surface area contributed by atoms with Crippen LogP contribution in [0.2, 0.25) is 0 Å². The van der Waals surface area contributed by atoms with Crippen molar-refractivity contribution in [1.29, 1.82) is 0 Å². The first-order valence-corrected chi connectivity index (χ1v) is 5.74. The summed E-state index contributed by atoms with van der Waals surface area (Å²) in [5.74, 6) is -0.967. The molecule has 1 aromatic carbocycles. The Balaban J connectivity index is 0.00000180. The lowest BCUT2D eigenvalue weighted by atomic mass is 10.1. The summed E-state index contributed by atoms with van der Waals surface area (Å²) in [5, 5.41) is 12.9. The normalized spacial score (nSPS) is 11.6. The lowest BCUT2D eigenvalue weighted by molar-refractivity contribution is -0.138. The molecule has 1 heterocycles. The van der Waals surface area contributed by atoms with Gasteiger partial charge >= 0.3 is 5.97 Å². The Hall–Kier alpha value is -1.85. The van der Waals surface area contributed by atoms with E-state index in [9.17, 15) is 4.79 Å². The number of nitrogens with two attached hydrogens (primary N) is 1. The Morgan fingerprint density at radius 2 is 2.05 bits per heavy atom. The molecule has 0 bridgehead atoms. The molecule has 102 valence electrons. The molecule has 2 aromatic rings. The van der Waals surface area contributed by atoms with Crippen molar-refractivity contribution < 1.29 is 9.90 Å². The highest BCUT2D eigenvalue weighted by atomic mass is 35.5. The topological polar surface area (TPSA) is 81.1 Å². The van der Waals surface area contributed by atoms with Crippen LogP contribution >= 0.6 is 12.4 Å². The SMILES string of the molecule is Cl.NC(CCc1cnn(-c2ccccc2)c1)C(=O)O. The standard InChI is InChI=1S/C13H15N3O2.ClH/c14-12(13(17)18)7-6-10-8-15-16(9-10)11-4-2-1-3-5-11;/h1-5,8-9,12H,6-7,14H2,(H,17,18);1H. The monoisotopic (exact) mass is 281 g/mol. The highest BCUT2D eigenvalue weighted by Gasteiger charge is 2.11. The molecule has 2 rings (SSSR count). The number of hydrogen-bond acceptors (Lipinski definition) is 3. The molecule has 3 N–H and O–H groups in total. The molecule has 1 atom stereocenters. The summed E-state index contributed by atoms with van der Waals surface area (Å²) < 4.78 is 1.77. The van der Waals surface area contributed by atoms with E-state index in [0.29, 0.717) is 12.8 Å². The number of carbonyl (C=O) groups is 1. The summed E-state index contributed by atoms with van der Waals surface area (Å²) in [4.78, 5) is 10.6. The molecule has 0 aliphatic carbocycles. The minimum absolute atomic E-state index is 0. The summed E-state index contributed by atoms with van der Waals surface area (Å²) in [6.07, 6.45) is 4.65. The summed E-state index contributed by atoms with van der Waals surface area (Å²) in [5.41, 5.74) is 7.42. The number of halogens is 1. The van der Waals surface area contributed by atoms with E-state index in [0.717, 1.165) is 11.3 Å². The Labute approximate surface area is 117 Å². The van der Waals surface area contributed by atoms with Crippen molar-refractivity contribution in [2.75, 3.05) is 0 Å². The van der Waals surface area contributed by atoms with E-state index in [1.807, 2.05) is 36.5 Å². The van der Waals surface area contributed by atoms with Gasteiger partial charge in [-0.15, -0.1) is 12.4 Å². The zero-order valence-electron chi connectivity index (χ0n) is 10.3. The number of aliphatic carboxylic acids is 1. The first kappa shape index (κ1) is 15.2. The number of aromatic nitrogens is 2. The van der Waals surface area contributed by atoms with Crippen molar-refractivity contribution in [1.82, 2.24) is 9.78 Å². The number of benzene rings is 1. The summed E-state index contributed by atoms with van der Waals surface area (Å²) in [6.45, 7) is 0. The van der Waals surface area contributed by atoms with E-state index in [2.05, 4.69) is 5.10 Å². The molecule has 0 radical (unpaired) electrons. The van der Waals surface area contributed by atoms with Crippen molar-refractivity contribution in [3.8, 4) is 5.69 Å². The summed E-state index contributed by atoms with van der Waals surface area (Å²) in [6, 6.07) is 8.93. The first-order valence-electron chi connectivity index (χ1n) is 5.74. The summed E-state index contributed by atoms with van der Waals surface area (Å²) >= 11 is 0. The van der Waals surface area contributed by atoms with Crippen molar-refractivity contribution in [3.63, 3.8) is 0 Å². The lowest BCUT2D eigenvalue weighted by Crippen LogP contribution is -2.30. The Morgan fingerprint density at radius 3 is 2.68 bits per heavy atom. The predicted octanol–water partition coefficient (Wildman–Crippen LogP) is 1.64. The third-order valence-electron chi connectivity index (χ3n) is 2.72. The van der Waals surface area contributed by atoms with Crippen LogP contribution in [-0.2, 0) is 11.2 Å². The molecular formula is C13H16ClN3O2. The lowest BCUT2D eigenvalue weighted by Gasteiger charge is -2.03. The molecule has 19 heavy (non-hydrogen) atoms. The zero-order chi connectivity index (χ0) is 13.0. The highest BCUT2D eigenvalue weighted by Crippen LogP contribution is 2.09. The van der Waals surface area contributed by atoms with Gasteiger partial charge in [0, 0.05) is 6.20 Å². The van der Waals surface area contributed by atoms with E-state index < -0.39 is 12.0 Å². The van der Waals surface area contributed by atoms with Gasteiger partial charge in [0.2, 0.25) is 0 Å². The van der Waals surface area contributed by atoms with Gasteiger partial charge in [-0.3, -0.25) is 4.79 Å². The Morgan fingerprint density at radius 1 is 1.37 bits per heavy atom. The minimum atomic E-state index is -0.967. The maximum atomic E-state index is 10.6. The van der Waals surface area contributed by atoms with Gasteiger partial charge in [-0.25, -0.2) is 4.68 Å². The molecule has 0 aliphatic heterocycles. The molecule has 0 amide bonds. The zero-order valence-corrected chi connectivity index (χ0v) is 11.1. The van der Waals surface area contributed by atoms with Gasteiger partial charge in [0.1, 0.15) is 6.04 Å². The number of aryl methyl sites for hydroxylation is 1. The van der Waals surface area contributed by atoms with Crippen LogP contribution in [0.15, 0.2) is 42.7 Å². The Bertz CT molecular complexity index is 528. The average molecular weight is 282 g/mol. The summed E-state index contributed by atoms with van der Waals surface area (Å²) in [7, 11) is 0. The third-order valence-corrected chi connectivity index (χ3v) is 2.72. The largest absolute Gasteiger partial charge is 0.480 e. The molecule has 6 heteroatoms. The molecule has 1 aromatic heterocycles. The molecule has 5 nitrogen and oxygen atoms in total. The van der Waals surface area contributed by atoms with Gasteiger partial charge in [-0.1, -0.05) is 18.2 Å². The number of para-hydroxylation sites is 1. The minimum Gasteiger partial charge on any atom is -0.480 e. The van der Waals surface area contributed by atoms with Crippen molar-refractivity contribution >= 4 is 18.4 Å². The molecule has 1 unspecified atom stereocenters. The second-order valence-electron chi connectivity index (χ2n) is 4.11. The molecule has 0 spiro atoms.